The van der Waals surface area contributed by atoms with E-state index >= 15 is 0 Å². The van der Waals surface area contributed by atoms with Gasteiger partial charge >= 0.3 is 0 Å². The van der Waals surface area contributed by atoms with Gasteiger partial charge in [0.25, 0.3) is 0 Å². The molecule has 0 aromatic heterocycles. The molecule has 1 rings (SSSR count). The van der Waals surface area contributed by atoms with E-state index in [0.29, 0.717) is 17.9 Å². The second kappa shape index (κ2) is 8.05. The van der Waals surface area contributed by atoms with Crippen LogP contribution in [0.25, 0.3) is 0 Å². The van der Waals surface area contributed by atoms with Crippen molar-refractivity contribution < 1.29 is 9.18 Å². The van der Waals surface area contributed by atoms with E-state index < -0.39 is 0 Å². The van der Waals surface area contributed by atoms with Gasteiger partial charge in [-0.05, 0) is 36.7 Å². The van der Waals surface area contributed by atoms with Gasteiger partial charge in [-0.2, -0.15) is 0 Å². The third-order valence-corrected chi connectivity index (χ3v) is 3.54. The molecule has 0 bridgehead atoms. The number of rotatable bonds is 8. The number of Topliss-reactive ketones (excluding diaryl/α,β-unsaturated/α-hetero) is 1. The van der Waals surface area contributed by atoms with E-state index in [9.17, 15) is 9.18 Å². The molecule has 0 aliphatic heterocycles. The fourth-order valence-corrected chi connectivity index (χ4v) is 1.99. The summed E-state index contributed by atoms with van der Waals surface area (Å²) in [6.07, 6.45) is 1.65. The molecule has 1 unspecified atom stereocenters. The first kappa shape index (κ1) is 15.8. The lowest BCUT2D eigenvalue weighted by molar-refractivity contribution is 0.0961. The quantitative estimate of drug-likeness (QED) is 0.667. The van der Waals surface area contributed by atoms with Crippen LogP contribution in [-0.2, 0) is 0 Å². The molecule has 2 nitrogen and oxygen atoms in total. The topological polar surface area (TPSA) is 20.3 Å². The lowest BCUT2D eigenvalue weighted by Crippen LogP contribution is -2.30. The first-order chi connectivity index (χ1) is 9.06. The van der Waals surface area contributed by atoms with Gasteiger partial charge in [-0.25, -0.2) is 4.39 Å². The summed E-state index contributed by atoms with van der Waals surface area (Å²) < 4.78 is 12.8. The molecule has 0 radical (unpaired) electrons. The monoisotopic (exact) mass is 265 g/mol. The zero-order valence-electron chi connectivity index (χ0n) is 12.2. The van der Waals surface area contributed by atoms with E-state index in [1.165, 1.54) is 12.1 Å². The van der Waals surface area contributed by atoms with Gasteiger partial charge in [-0.15, -0.1) is 0 Å². The van der Waals surface area contributed by atoms with Crippen molar-refractivity contribution in [2.45, 2.75) is 33.6 Å². The molecule has 0 saturated carbocycles. The fourth-order valence-electron chi connectivity index (χ4n) is 1.99. The lowest BCUT2D eigenvalue weighted by Gasteiger charge is -2.23. The molecule has 0 aliphatic carbocycles. The standard InChI is InChI=1S/C16H24FNO/c1-4-13(3)12-18(5-2)11-10-16(19)14-6-8-15(17)9-7-14/h6-9,13H,4-5,10-12H2,1-3H3. The Hall–Kier alpha value is -1.22. The van der Waals surface area contributed by atoms with Crippen LogP contribution in [0.5, 0.6) is 0 Å². The van der Waals surface area contributed by atoms with Crippen LogP contribution in [-0.4, -0.2) is 30.3 Å². The molecule has 0 spiro atoms. The summed E-state index contributed by atoms with van der Waals surface area (Å²) >= 11 is 0. The van der Waals surface area contributed by atoms with Crippen LogP contribution in [0.2, 0.25) is 0 Å². The number of carbonyl (C=O) groups excluding carboxylic acids is 1. The molecule has 0 aliphatic rings. The Bertz CT molecular complexity index is 388. The van der Waals surface area contributed by atoms with Gasteiger partial charge in [0.1, 0.15) is 5.82 Å². The lowest BCUT2D eigenvalue weighted by atomic mass is 10.1. The van der Waals surface area contributed by atoms with E-state index in [1.54, 1.807) is 12.1 Å². The summed E-state index contributed by atoms with van der Waals surface area (Å²) in [5.41, 5.74) is 0.598. The molecule has 19 heavy (non-hydrogen) atoms. The highest BCUT2D eigenvalue weighted by Crippen LogP contribution is 2.08. The molecule has 1 atom stereocenters. The van der Waals surface area contributed by atoms with Crippen molar-refractivity contribution in [3.63, 3.8) is 0 Å². The summed E-state index contributed by atoms with van der Waals surface area (Å²) in [5.74, 6) is 0.437. The molecule has 1 aromatic rings. The van der Waals surface area contributed by atoms with Crippen molar-refractivity contribution >= 4 is 5.78 Å². The van der Waals surface area contributed by atoms with Crippen molar-refractivity contribution in [3.8, 4) is 0 Å². The Balaban J connectivity index is 2.46. The minimum Gasteiger partial charge on any atom is -0.303 e. The smallest absolute Gasteiger partial charge is 0.164 e. The van der Waals surface area contributed by atoms with Crippen molar-refractivity contribution in [2.75, 3.05) is 19.6 Å². The molecular weight excluding hydrogens is 241 g/mol. The third kappa shape index (κ3) is 5.52. The molecule has 0 fully saturated rings. The normalized spacial score (nSPS) is 12.7. The van der Waals surface area contributed by atoms with Crippen molar-refractivity contribution in [3.05, 3.63) is 35.6 Å². The minimum atomic E-state index is -0.302. The van der Waals surface area contributed by atoms with Crippen LogP contribution in [0.15, 0.2) is 24.3 Å². The van der Waals surface area contributed by atoms with Gasteiger partial charge in [0.2, 0.25) is 0 Å². The highest BCUT2D eigenvalue weighted by Gasteiger charge is 2.11. The number of halogens is 1. The Morgan fingerprint density at radius 2 is 1.89 bits per heavy atom. The molecule has 3 heteroatoms. The zero-order chi connectivity index (χ0) is 14.3. The summed E-state index contributed by atoms with van der Waals surface area (Å²) in [6, 6.07) is 5.79. The largest absolute Gasteiger partial charge is 0.303 e. The number of nitrogens with zero attached hydrogens (tertiary/aromatic N) is 1. The summed E-state index contributed by atoms with van der Waals surface area (Å²) in [6.45, 7) is 9.29. The Morgan fingerprint density at radius 1 is 1.26 bits per heavy atom. The first-order valence-corrected chi connectivity index (χ1v) is 7.07. The van der Waals surface area contributed by atoms with Gasteiger partial charge in [0.05, 0.1) is 0 Å². The van der Waals surface area contributed by atoms with Gasteiger partial charge in [-0.3, -0.25) is 4.79 Å². The van der Waals surface area contributed by atoms with Gasteiger partial charge in [-0.1, -0.05) is 27.2 Å². The van der Waals surface area contributed by atoms with Gasteiger partial charge in [0.15, 0.2) is 5.78 Å². The van der Waals surface area contributed by atoms with Crippen LogP contribution < -0.4 is 0 Å². The number of hydrogen-bond acceptors (Lipinski definition) is 2. The molecule has 0 saturated heterocycles. The molecular formula is C16H24FNO. The van der Waals surface area contributed by atoms with Crippen molar-refractivity contribution in [1.29, 1.82) is 0 Å². The predicted molar refractivity (Wildman–Crippen MR) is 76.9 cm³/mol. The fraction of sp³-hybridized carbons (Fsp3) is 0.562. The summed E-state index contributed by atoms with van der Waals surface area (Å²) in [7, 11) is 0. The van der Waals surface area contributed by atoms with E-state index in [-0.39, 0.29) is 11.6 Å². The maximum Gasteiger partial charge on any atom is 0.164 e. The summed E-state index contributed by atoms with van der Waals surface area (Å²) in [4.78, 5) is 14.3. The average Bonchev–Trinajstić information content (AvgIpc) is 2.43. The van der Waals surface area contributed by atoms with Crippen LogP contribution in [0.1, 0.15) is 44.0 Å². The highest BCUT2D eigenvalue weighted by molar-refractivity contribution is 5.96. The highest BCUT2D eigenvalue weighted by atomic mass is 19.1. The number of benzene rings is 1. The first-order valence-electron chi connectivity index (χ1n) is 7.07. The Kier molecular flexibility index (Phi) is 6.71. The van der Waals surface area contributed by atoms with Crippen molar-refractivity contribution in [2.24, 2.45) is 5.92 Å². The minimum absolute atomic E-state index is 0.0857. The Labute approximate surface area is 115 Å². The van der Waals surface area contributed by atoms with E-state index in [1.807, 2.05) is 0 Å². The summed E-state index contributed by atoms with van der Waals surface area (Å²) in [5, 5.41) is 0. The zero-order valence-corrected chi connectivity index (χ0v) is 12.2. The van der Waals surface area contributed by atoms with Crippen LogP contribution in [0, 0.1) is 11.7 Å². The average molecular weight is 265 g/mol. The maximum atomic E-state index is 12.8. The number of hydrogen-bond donors (Lipinski definition) is 0. The molecule has 0 heterocycles. The second-order valence-corrected chi connectivity index (χ2v) is 5.09. The maximum absolute atomic E-state index is 12.8. The van der Waals surface area contributed by atoms with Crippen LogP contribution in [0.4, 0.5) is 4.39 Å². The second-order valence-electron chi connectivity index (χ2n) is 5.09. The van der Waals surface area contributed by atoms with E-state index in [4.69, 9.17) is 0 Å². The van der Waals surface area contributed by atoms with Crippen LogP contribution in [0.3, 0.4) is 0 Å². The van der Waals surface area contributed by atoms with E-state index in [2.05, 4.69) is 25.7 Å². The molecule has 0 amide bonds. The Morgan fingerprint density at radius 3 is 2.42 bits per heavy atom. The van der Waals surface area contributed by atoms with E-state index in [0.717, 1.165) is 26.1 Å². The molecule has 106 valence electrons. The number of carbonyl (C=O) groups is 1. The predicted octanol–water partition coefficient (Wildman–Crippen LogP) is 3.77. The third-order valence-electron chi connectivity index (χ3n) is 3.54. The van der Waals surface area contributed by atoms with Gasteiger partial charge in [0, 0.05) is 25.1 Å². The van der Waals surface area contributed by atoms with Crippen LogP contribution >= 0.6 is 0 Å². The molecule has 0 N–H and O–H groups in total. The van der Waals surface area contributed by atoms with Crippen molar-refractivity contribution in [1.82, 2.24) is 4.90 Å². The van der Waals surface area contributed by atoms with Gasteiger partial charge < -0.3 is 4.90 Å². The molecule has 1 aromatic carbocycles. The number of ketones is 1. The SMILES string of the molecule is CCC(C)CN(CC)CCC(=O)c1ccc(F)cc1.